The molecule has 0 aliphatic heterocycles. The van der Waals surface area contributed by atoms with Crippen LogP contribution in [0.2, 0.25) is 0 Å². The highest BCUT2D eigenvalue weighted by Crippen LogP contribution is 2.31. The largest absolute Gasteiger partial charge is 0.399 e. The summed E-state index contributed by atoms with van der Waals surface area (Å²) in [7, 11) is 0. The number of aryl methyl sites for hydroxylation is 1. The van der Waals surface area contributed by atoms with Crippen molar-refractivity contribution in [3.05, 3.63) is 28.8 Å². The maximum Gasteiger partial charge on any atom is 0.0320 e. The van der Waals surface area contributed by atoms with Crippen LogP contribution in [0.25, 0.3) is 0 Å². The number of rotatable bonds is 0. The number of hydrogen-bond donors (Lipinski definition) is 2. The standard InChI is InChI=1S/C11H16N2/c1-7-5-8(12)6-10-9(7)3-2-4-11(10)13/h5-6,11H,2-4,12-13H2,1H3/t11-/m1/s1. The molecule has 1 atom stereocenters. The summed E-state index contributed by atoms with van der Waals surface area (Å²) < 4.78 is 0. The maximum absolute atomic E-state index is 6.03. The summed E-state index contributed by atoms with van der Waals surface area (Å²) in [5.74, 6) is 0. The van der Waals surface area contributed by atoms with Gasteiger partial charge in [0.1, 0.15) is 0 Å². The minimum Gasteiger partial charge on any atom is -0.399 e. The van der Waals surface area contributed by atoms with Crippen molar-refractivity contribution in [2.75, 3.05) is 5.73 Å². The topological polar surface area (TPSA) is 52.0 Å². The number of nitrogens with two attached hydrogens (primary N) is 2. The van der Waals surface area contributed by atoms with Crippen molar-refractivity contribution in [2.24, 2.45) is 5.73 Å². The molecule has 0 fully saturated rings. The summed E-state index contributed by atoms with van der Waals surface area (Å²) in [5, 5.41) is 0. The van der Waals surface area contributed by atoms with Crippen molar-refractivity contribution < 1.29 is 0 Å². The van der Waals surface area contributed by atoms with E-state index in [1.54, 1.807) is 0 Å². The molecule has 0 spiro atoms. The van der Waals surface area contributed by atoms with Crippen molar-refractivity contribution in [3.63, 3.8) is 0 Å². The molecule has 2 rings (SSSR count). The van der Waals surface area contributed by atoms with Crippen molar-refractivity contribution in [1.29, 1.82) is 0 Å². The van der Waals surface area contributed by atoms with E-state index in [1.165, 1.54) is 23.1 Å². The van der Waals surface area contributed by atoms with Crippen molar-refractivity contribution >= 4 is 5.69 Å². The zero-order chi connectivity index (χ0) is 9.42. The normalized spacial score (nSPS) is 21.2. The molecule has 0 radical (unpaired) electrons. The van der Waals surface area contributed by atoms with Crippen LogP contribution < -0.4 is 11.5 Å². The maximum atomic E-state index is 6.03. The van der Waals surface area contributed by atoms with Crippen molar-refractivity contribution in [3.8, 4) is 0 Å². The van der Waals surface area contributed by atoms with Gasteiger partial charge in [0.2, 0.25) is 0 Å². The molecule has 70 valence electrons. The molecule has 0 saturated heterocycles. The molecule has 13 heavy (non-hydrogen) atoms. The fourth-order valence-electron chi connectivity index (χ4n) is 2.20. The van der Waals surface area contributed by atoms with Crippen LogP contribution in [0, 0.1) is 6.92 Å². The van der Waals surface area contributed by atoms with Gasteiger partial charge in [-0.05, 0) is 55.0 Å². The highest BCUT2D eigenvalue weighted by Gasteiger charge is 2.18. The second kappa shape index (κ2) is 3.04. The Balaban J connectivity index is 2.56. The van der Waals surface area contributed by atoms with E-state index in [0.717, 1.165) is 18.5 Å². The zero-order valence-corrected chi connectivity index (χ0v) is 8.01. The van der Waals surface area contributed by atoms with E-state index in [-0.39, 0.29) is 6.04 Å². The summed E-state index contributed by atoms with van der Waals surface area (Å²) >= 11 is 0. The molecule has 1 aromatic rings. The zero-order valence-electron chi connectivity index (χ0n) is 8.01. The molecule has 1 aliphatic carbocycles. The van der Waals surface area contributed by atoms with E-state index >= 15 is 0 Å². The molecular formula is C11H16N2. The van der Waals surface area contributed by atoms with E-state index in [2.05, 4.69) is 6.92 Å². The lowest BCUT2D eigenvalue weighted by atomic mass is 9.85. The summed E-state index contributed by atoms with van der Waals surface area (Å²) in [4.78, 5) is 0. The van der Waals surface area contributed by atoms with Gasteiger partial charge in [-0.3, -0.25) is 0 Å². The number of anilines is 1. The molecule has 0 heterocycles. The fraction of sp³-hybridized carbons (Fsp3) is 0.455. The van der Waals surface area contributed by atoms with Crippen LogP contribution >= 0.6 is 0 Å². The molecule has 0 amide bonds. The van der Waals surface area contributed by atoms with Gasteiger partial charge in [-0.15, -0.1) is 0 Å². The monoisotopic (exact) mass is 176 g/mol. The Kier molecular flexibility index (Phi) is 2.00. The van der Waals surface area contributed by atoms with Gasteiger partial charge in [-0.1, -0.05) is 0 Å². The second-order valence-electron chi connectivity index (χ2n) is 3.90. The lowest BCUT2D eigenvalue weighted by Gasteiger charge is -2.24. The Labute approximate surface area is 78.9 Å². The minimum absolute atomic E-state index is 0.200. The molecule has 0 unspecified atom stereocenters. The Morgan fingerprint density at radius 1 is 1.38 bits per heavy atom. The Bertz CT molecular complexity index is 331. The van der Waals surface area contributed by atoms with Gasteiger partial charge in [0.15, 0.2) is 0 Å². The Hall–Kier alpha value is -1.02. The van der Waals surface area contributed by atoms with Crippen LogP contribution in [0.5, 0.6) is 0 Å². The molecule has 2 nitrogen and oxygen atoms in total. The van der Waals surface area contributed by atoms with Gasteiger partial charge < -0.3 is 11.5 Å². The molecule has 2 heteroatoms. The van der Waals surface area contributed by atoms with Crippen molar-refractivity contribution in [2.45, 2.75) is 32.2 Å². The average Bonchev–Trinajstić information content (AvgIpc) is 2.07. The highest BCUT2D eigenvalue weighted by atomic mass is 14.6. The van der Waals surface area contributed by atoms with Gasteiger partial charge in [0, 0.05) is 11.7 Å². The van der Waals surface area contributed by atoms with Crippen LogP contribution in [-0.2, 0) is 6.42 Å². The first-order chi connectivity index (χ1) is 6.18. The van der Waals surface area contributed by atoms with Crippen LogP contribution in [0.4, 0.5) is 5.69 Å². The number of nitrogen functional groups attached to an aromatic ring is 1. The van der Waals surface area contributed by atoms with Gasteiger partial charge in [0.25, 0.3) is 0 Å². The molecule has 1 aliphatic rings. The lowest BCUT2D eigenvalue weighted by Crippen LogP contribution is -2.18. The SMILES string of the molecule is Cc1cc(N)cc2c1CCC[C@H]2N. The van der Waals surface area contributed by atoms with E-state index in [0.29, 0.717) is 0 Å². The number of benzene rings is 1. The number of hydrogen-bond acceptors (Lipinski definition) is 2. The first-order valence-corrected chi connectivity index (χ1v) is 4.83. The Morgan fingerprint density at radius 2 is 2.15 bits per heavy atom. The smallest absolute Gasteiger partial charge is 0.0320 e. The van der Waals surface area contributed by atoms with Gasteiger partial charge in [0.05, 0.1) is 0 Å². The highest BCUT2D eigenvalue weighted by molar-refractivity contribution is 5.51. The molecule has 4 N–H and O–H groups in total. The molecule has 0 aromatic heterocycles. The van der Waals surface area contributed by atoms with Crippen LogP contribution in [0.15, 0.2) is 12.1 Å². The molecule has 1 aromatic carbocycles. The van der Waals surface area contributed by atoms with Gasteiger partial charge in [-0.2, -0.15) is 0 Å². The Morgan fingerprint density at radius 3 is 2.92 bits per heavy atom. The summed E-state index contributed by atoms with van der Waals surface area (Å²) in [6, 6.07) is 4.27. The lowest BCUT2D eigenvalue weighted by molar-refractivity contribution is 0.569. The van der Waals surface area contributed by atoms with Crippen molar-refractivity contribution in [1.82, 2.24) is 0 Å². The van der Waals surface area contributed by atoms with Gasteiger partial charge in [-0.25, -0.2) is 0 Å². The van der Waals surface area contributed by atoms with E-state index < -0.39 is 0 Å². The average molecular weight is 176 g/mol. The second-order valence-corrected chi connectivity index (χ2v) is 3.90. The fourth-order valence-corrected chi connectivity index (χ4v) is 2.20. The first kappa shape index (κ1) is 8.57. The summed E-state index contributed by atoms with van der Waals surface area (Å²) in [6.07, 6.45) is 3.46. The van der Waals surface area contributed by atoms with E-state index in [4.69, 9.17) is 11.5 Å². The quantitative estimate of drug-likeness (QED) is 0.593. The third kappa shape index (κ3) is 1.42. The third-order valence-corrected chi connectivity index (χ3v) is 2.87. The predicted octanol–water partition coefficient (Wildman–Crippen LogP) is 1.91. The first-order valence-electron chi connectivity index (χ1n) is 4.83. The molecule has 0 bridgehead atoms. The van der Waals surface area contributed by atoms with Gasteiger partial charge >= 0.3 is 0 Å². The molecular weight excluding hydrogens is 160 g/mol. The summed E-state index contributed by atoms with van der Waals surface area (Å²) in [5.41, 5.74) is 16.6. The van der Waals surface area contributed by atoms with E-state index in [1.807, 2.05) is 12.1 Å². The predicted molar refractivity (Wildman–Crippen MR) is 55.5 cm³/mol. The molecule has 0 saturated carbocycles. The minimum atomic E-state index is 0.200. The van der Waals surface area contributed by atoms with E-state index in [9.17, 15) is 0 Å². The summed E-state index contributed by atoms with van der Waals surface area (Å²) in [6.45, 7) is 2.12. The third-order valence-electron chi connectivity index (χ3n) is 2.87. The van der Waals surface area contributed by atoms with Crippen LogP contribution in [0.3, 0.4) is 0 Å². The number of fused-ring (bicyclic) bond motifs is 1. The van der Waals surface area contributed by atoms with Crippen LogP contribution in [-0.4, -0.2) is 0 Å². The van der Waals surface area contributed by atoms with Crippen LogP contribution in [0.1, 0.15) is 35.6 Å².